The van der Waals surface area contributed by atoms with E-state index in [4.69, 9.17) is 5.73 Å². The highest BCUT2D eigenvalue weighted by atomic mass is 16.1. The van der Waals surface area contributed by atoms with Gasteiger partial charge >= 0.3 is 0 Å². The number of nitrogens with one attached hydrogen (secondary N) is 2. The summed E-state index contributed by atoms with van der Waals surface area (Å²) >= 11 is 0. The number of amides is 1. The van der Waals surface area contributed by atoms with Gasteiger partial charge in [0.25, 0.3) is 0 Å². The van der Waals surface area contributed by atoms with Crippen LogP contribution in [0.3, 0.4) is 0 Å². The molecular weight excluding hydrogens is 180 g/mol. The lowest BCUT2D eigenvalue weighted by atomic mass is 10.3. The number of rotatable bonds is 5. The zero-order valence-electron chi connectivity index (χ0n) is 8.55. The fraction of sp³-hybridized carbons (Fsp3) is 0.778. The Morgan fingerprint density at radius 1 is 1.57 bits per heavy atom. The third-order valence-corrected chi connectivity index (χ3v) is 2.07. The zero-order valence-corrected chi connectivity index (χ0v) is 8.55. The molecule has 14 heavy (non-hydrogen) atoms. The zero-order chi connectivity index (χ0) is 10.4. The van der Waals surface area contributed by atoms with Crippen molar-refractivity contribution in [2.45, 2.75) is 31.7 Å². The van der Waals surface area contributed by atoms with Crippen LogP contribution in [0.4, 0.5) is 0 Å². The van der Waals surface area contributed by atoms with Crippen molar-refractivity contribution in [3.8, 4) is 0 Å². The lowest BCUT2D eigenvalue weighted by Gasteiger charge is -2.05. The topological polar surface area (TPSA) is 79.5 Å². The molecule has 5 heteroatoms. The quantitative estimate of drug-likeness (QED) is 0.319. The van der Waals surface area contributed by atoms with Crippen LogP contribution >= 0.6 is 0 Å². The second-order valence-electron chi connectivity index (χ2n) is 3.48. The van der Waals surface area contributed by atoms with Crippen LogP contribution in [0, 0.1) is 0 Å². The number of hydrogen-bond donors (Lipinski definition) is 3. The molecule has 80 valence electrons. The second kappa shape index (κ2) is 5.47. The standard InChI is InChI=1S/C9H18N4O/c1-11-9(10)12-6-2-3-8(14)13-7-4-5-7/h7H,2-6H2,1H3,(H,13,14)(H3,10,11,12). The van der Waals surface area contributed by atoms with E-state index in [0.717, 1.165) is 19.3 Å². The summed E-state index contributed by atoms with van der Waals surface area (Å²) in [4.78, 5) is 15.0. The molecule has 1 rings (SSSR count). The van der Waals surface area contributed by atoms with Crippen LogP contribution in [0.5, 0.6) is 0 Å². The summed E-state index contributed by atoms with van der Waals surface area (Å²) in [5, 5.41) is 5.83. The van der Waals surface area contributed by atoms with Gasteiger partial charge in [0, 0.05) is 26.1 Å². The third-order valence-electron chi connectivity index (χ3n) is 2.07. The summed E-state index contributed by atoms with van der Waals surface area (Å²) in [5.74, 6) is 0.564. The molecule has 0 saturated heterocycles. The molecule has 0 spiro atoms. The molecule has 0 radical (unpaired) electrons. The predicted molar refractivity (Wildman–Crippen MR) is 55.9 cm³/mol. The van der Waals surface area contributed by atoms with Crippen molar-refractivity contribution in [1.82, 2.24) is 10.6 Å². The maximum absolute atomic E-state index is 11.2. The van der Waals surface area contributed by atoms with Gasteiger partial charge in [0.1, 0.15) is 0 Å². The van der Waals surface area contributed by atoms with E-state index < -0.39 is 0 Å². The minimum atomic E-state index is 0.140. The van der Waals surface area contributed by atoms with Crippen LogP contribution in [-0.4, -0.2) is 31.5 Å². The number of carbonyl (C=O) groups excluding carboxylic acids is 1. The maximum Gasteiger partial charge on any atom is 0.220 e. The molecule has 5 nitrogen and oxygen atoms in total. The SMILES string of the molecule is CN=C(N)NCCCC(=O)NC1CC1. The summed E-state index contributed by atoms with van der Waals surface area (Å²) in [5.41, 5.74) is 5.42. The Bertz CT molecular complexity index is 223. The summed E-state index contributed by atoms with van der Waals surface area (Å²) < 4.78 is 0. The molecule has 0 atom stereocenters. The number of nitrogens with two attached hydrogens (primary N) is 1. The maximum atomic E-state index is 11.2. The van der Waals surface area contributed by atoms with Gasteiger partial charge < -0.3 is 16.4 Å². The Morgan fingerprint density at radius 3 is 2.86 bits per heavy atom. The van der Waals surface area contributed by atoms with Gasteiger partial charge in [0.2, 0.25) is 5.91 Å². The normalized spacial score (nSPS) is 16.5. The fourth-order valence-corrected chi connectivity index (χ4v) is 1.07. The summed E-state index contributed by atoms with van der Waals surface area (Å²) in [6.07, 6.45) is 3.62. The number of guanidine groups is 1. The van der Waals surface area contributed by atoms with E-state index >= 15 is 0 Å². The molecule has 0 heterocycles. The van der Waals surface area contributed by atoms with Gasteiger partial charge in [-0.3, -0.25) is 9.79 Å². The highest BCUT2D eigenvalue weighted by Gasteiger charge is 2.22. The average molecular weight is 198 g/mol. The first-order valence-electron chi connectivity index (χ1n) is 4.98. The molecule has 0 aromatic rings. The Morgan fingerprint density at radius 2 is 2.29 bits per heavy atom. The molecule has 0 aliphatic heterocycles. The molecule has 1 fully saturated rings. The molecule has 0 aromatic carbocycles. The van der Waals surface area contributed by atoms with E-state index in [1.165, 1.54) is 0 Å². The van der Waals surface area contributed by atoms with Crippen molar-refractivity contribution in [2.75, 3.05) is 13.6 Å². The number of hydrogen-bond acceptors (Lipinski definition) is 2. The molecule has 4 N–H and O–H groups in total. The van der Waals surface area contributed by atoms with Crippen molar-refractivity contribution < 1.29 is 4.79 Å². The van der Waals surface area contributed by atoms with Crippen LogP contribution in [0.15, 0.2) is 4.99 Å². The van der Waals surface area contributed by atoms with Gasteiger partial charge in [0.15, 0.2) is 5.96 Å². The molecule has 0 unspecified atom stereocenters. The van der Waals surface area contributed by atoms with E-state index in [1.807, 2.05) is 0 Å². The molecule has 1 amide bonds. The van der Waals surface area contributed by atoms with E-state index in [0.29, 0.717) is 25.0 Å². The first-order chi connectivity index (χ1) is 6.72. The van der Waals surface area contributed by atoms with E-state index in [-0.39, 0.29) is 5.91 Å². The Kier molecular flexibility index (Phi) is 4.22. The fourth-order valence-electron chi connectivity index (χ4n) is 1.07. The Labute approximate surface area is 84.1 Å². The lowest BCUT2D eigenvalue weighted by molar-refractivity contribution is -0.121. The molecule has 1 saturated carbocycles. The van der Waals surface area contributed by atoms with Crippen molar-refractivity contribution in [2.24, 2.45) is 10.7 Å². The predicted octanol–water partition coefficient (Wildman–Crippen LogP) is -0.421. The molecular formula is C9H18N4O. The largest absolute Gasteiger partial charge is 0.370 e. The minimum absolute atomic E-state index is 0.140. The summed E-state index contributed by atoms with van der Waals surface area (Å²) in [7, 11) is 1.63. The van der Waals surface area contributed by atoms with Crippen molar-refractivity contribution in [3.05, 3.63) is 0 Å². The number of nitrogens with zero attached hydrogens (tertiary/aromatic N) is 1. The van der Waals surface area contributed by atoms with Crippen LogP contribution in [0.2, 0.25) is 0 Å². The Hall–Kier alpha value is -1.26. The van der Waals surface area contributed by atoms with Gasteiger partial charge in [-0.1, -0.05) is 0 Å². The van der Waals surface area contributed by atoms with Gasteiger partial charge in [0.05, 0.1) is 0 Å². The first-order valence-corrected chi connectivity index (χ1v) is 4.98. The second-order valence-corrected chi connectivity index (χ2v) is 3.48. The Balaban J connectivity index is 1.94. The molecule has 0 aromatic heterocycles. The van der Waals surface area contributed by atoms with E-state index in [9.17, 15) is 4.79 Å². The molecule has 1 aliphatic rings. The van der Waals surface area contributed by atoms with Crippen molar-refractivity contribution in [1.29, 1.82) is 0 Å². The summed E-state index contributed by atoms with van der Waals surface area (Å²) in [6, 6.07) is 0.456. The van der Waals surface area contributed by atoms with Crippen molar-refractivity contribution in [3.63, 3.8) is 0 Å². The van der Waals surface area contributed by atoms with Crippen LogP contribution in [-0.2, 0) is 4.79 Å². The third kappa shape index (κ3) is 4.69. The van der Waals surface area contributed by atoms with Crippen LogP contribution in [0.1, 0.15) is 25.7 Å². The lowest BCUT2D eigenvalue weighted by Crippen LogP contribution is -2.33. The van der Waals surface area contributed by atoms with Gasteiger partial charge in [-0.05, 0) is 19.3 Å². The van der Waals surface area contributed by atoms with E-state index in [1.54, 1.807) is 7.05 Å². The average Bonchev–Trinajstić information content (AvgIpc) is 2.95. The van der Waals surface area contributed by atoms with Gasteiger partial charge in [-0.15, -0.1) is 0 Å². The number of carbonyl (C=O) groups is 1. The highest BCUT2D eigenvalue weighted by molar-refractivity contribution is 5.78. The first kappa shape index (κ1) is 10.8. The smallest absolute Gasteiger partial charge is 0.220 e. The van der Waals surface area contributed by atoms with Crippen molar-refractivity contribution >= 4 is 11.9 Å². The van der Waals surface area contributed by atoms with Crippen LogP contribution in [0.25, 0.3) is 0 Å². The molecule has 1 aliphatic carbocycles. The van der Waals surface area contributed by atoms with E-state index in [2.05, 4.69) is 15.6 Å². The van der Waals surface area contributed by atoms with Gasteiger partial charge in [-0.2, -0.15) is 0 Å². The summed E-state index contributed by atoms with van der Waals surface area (Å²) in [6.45, 7) is 0.696. The highest BCUT2D eigenvalue weighted by Crippen LogP contribution is 2.18. The van der Waals surface area contributed by atoms with Gasteiger partial charge in [-0.25, -0.2) is 0 Å². The monoisotopic (exact) mass is 198 g/mol. The molecule has 0 bridgehead atoms. The number of aliphatic imine (C=N–C) groups is 1. The van der Waals surface area contributed by atoms with Crippen LogP contribution < -0.4 is 16.4 Å². The minimum Gasteiger partial charge on any atom is -0.370 e.